The summed E-state index contributed by atoms with van der Waals surface area (Å²) >= 11 is 0. The van der Waals surface area contributed by atoms with Crippen molar-refractivity contribution < 1.29 is 13.2 Å². The fraction of sp³-hybridized carbons (Fsp3) is 0.0500. The second-order valence-electron chi connectivity index (χ2n) is 5.68. The Morgan fingerprint density at radius 2 is 1.60 bits per heavy atom. The fourth-order valence-electron chi connectivity index (χ4n) is 3.09. The molecule has 0 bridgehead atoms. The number of aromatic nitrogens is 2. The van der Waals surface area contributed by atoms with Gasteiger partial charge in [0.05, 0.1) is 23.0 Å². The monoisotopic (exact) mass is 338 g/mol. The first-order chi connectivity index (χ1) is 12.1. The largest absolute Gasteiger partial charge is 0.417 e. The van der Waals surface area contributed by atoms with Gasteiger partial charge in [0.15, 0.2) is 0 Å². The highest BCUT2D eigenvalue weighted by Gasteiger charge is 2.33. The van der Waals surface area contributed by atoms with Gasteiger partial charge in [-0.15, -0.1) is 0 Å². The Bertz CT molecular complexity index is 1030. The molecule has 5 heteroatoms. The molecular formula is C20H13F3N2. The van der Waals surface area contributed by atoms with Crippen LogP contribution in [0.3, 0.4) is 0 Å². The van der Waals surface area contributed by atoms with E-state index in [9.17, 15) is 13.2 Å². The van der Waals surface area contributed by atoms with E-state index in [2.05, 4.69) is 4.98 Å². The van der Waals surface area contributed by atoms with Crippen molar-refractivity contribution in [1.29, 1.82) is 0 Å². The maximum Gasteiger partial charge on any atom is 0.417 e. The molecule has 0 saturated carbocycles. The molecule has 2 nitrogen and oxygen atoms in total. The molecule has 0 fully saturated rings. The summed E-state index contributed by atoms with van der Waals surface area (Å²) in [6.07, 6.45) is 0.849. The minimum atomic E-state index is -4.40. The van der Waals surface area contributed by atoms with Crippen LogP contribution in [0.2, 0.25) is 0 Å². The molecule has 0 radical (unpaired) electrons. The van der Waals surface area contributed by atoms with Crippen molar-refractivity contribution in [1.82, 2.24) is 9.55 Å². The van der Waals surface area contributed by atoms with Crippen molar-refractivity contribution in [3.8, 4) is 16.8 Å². The number of alkyl halides is 3. The van der Waals surface area contributed by atoms with E-state index in [1.165, 1.54) is 12.1 Å². The minimum absolute atomic E-state index is 0.185. The summed E-state index contributed by atoms with van der Waals surface area (Å²) in [5, 5.41) is 0.767. The summed E-state index contributed by atoms with van der Waals surface area (Å²) in [5.41, 5.74) is 1.82. The van der Waals surface area contributed by atoms with E-state index >= 15 is 0 Å². The lowest BCUT2D eigenvalue weighted by Crippen LogP contribution is -2.06. The second kappa shape index (κ2) is 5.77. The van der Waals surface area contributed by atoms with E-state index in [4.69, 9.17) is 0 Å². The molecule has 25 heavy (non-hydrogen) atoms. The molecule has 0 amide bonds. The van der Waals surface area contributed by atoms with Gasteiger partial charge >= 0.3 is 6.18 Å². The van der Waals surface area contributed by atoms with E-state index in [1.54, 1.807) is 30.6 Å². The van der Waals surface area contributed by atoms with Crippen LogP contribution in [-0.4, -0.2) is 9.55 Å². The van der Waals surface area contributed by atoms with Crippen LogP contribution in [0.1, 0.15) is 5.56 Å². The lowest BCUT2D eigenvalue weighted by atomic mass is 9.96. The molecule has 0 atom stereocenters. The molecule has 2 aromatic carbocycles. The van der Waals surface area contributed by atoms with Gasteiger partial charge in [-0.3, -0.25) is 4.98 Å². The minimum Gasteiger partial charge on any atom is -0.315 e. The van der Waals surface area contributed by atoms with Gasteiger partial charge in [0.25, 0.3) is 0 Å². The SMILES string of the molecule is FC(F)(F)c1ccccc1-c1cccc2c1ccn2-c1cccnc1. The zero-order chi connectivity index (χ0) is 17.4. The number of halogens is 3. The van der Waals surface area contributed by atoms with E-state index < -0.39 is 11.7 Å². The topological polar surface area (TPSA) is 17.8 Å². The maximum absolute atomic E-state index is 13.4. The first-order valence-corrected chi connectivity index (χ1v) is 7.73. The molecule has 4 aromatic rings. The quantitative estimate of drug-likeness (QED) is 0.458. The Balaban J connectivity index is 1.96. The van der Waals surface area contributed by atoms with Crippen molar-refractivity contribution in [2.24, 2.45) is 0 Å². The average Bonchev–Trinajstić information content (AvgIpc) is 3.06. The van der Waals surface area contributed by atoms with Crippen molar-refractivity contribution in [2.45, 2.75) is 6.18 Å². The highest BCUT2D eigenvalue weighted by molar-refractivity contribution is 5.97. The molecule has 124 valence electrons. The molecule has 2 heterocycles. The molecule has 0 spiro atoms. The van der Waals surface area contributed by atoms with Crippen LogP contribution < -0.4 is 0 Å². The number of benzene rings is 2. The van der Waals surface area contributed by atoms with E-state index in [0.717, 1.165) is 22.7 Å². The van der Waals surface area contributed by atoms with Crippen LogP contribution in [0, 0.1) is 0 Å². The van der Waals surface area contributed by atoms with E-state index in [1.807, 2.05) is 35.0 Å². The van der Waals surface area contributed by atoms with Crippen LogP contribution >= 0.6 is 0 Å². The maximum atomic E-state index is 13.4. The molecule has 0 saturated heterocycles. The van der Waals surface area contributed by atoms with Gasteiger partial charge in [-0.1, -0.05) is 30.3 Å². The fourth-order valence-corrected chi connectivity index (χ4v) is 3.09. The summed E-state index contributed by atoms with van der Waals surface area (Å²) in [5.74, 6) is 0. The number of hydrogen-bond acceptors (Lipinski definition) is 1. The van der Waals surface area contributed by atoms with Gasteiger partial charge in [-0.05, 0) is 41.5 Å². The highest BCUT2D eigenvalue weighted by atomic mass is 19.4. The molecule has 0 unspecified atom stereocenters. The van der Waals surface area contributed by atoms with Crippen molar-refractivity contribution in [3.63, 3.8) is 0 Å². The Kier molecular flexibility index (Phi) is 3.57. The van der Waals surface area contributed by atoms with Gasteiger partial charge in [-0.25, -0.2) is 0 Å². The molecule has 0 aliphatic heterocycles. The number of hydrogen-bond donors (Lipinski definition) is 0. The summed E-state index contributed by atoms with van der Waals surface area (Å²) < 4.78 is 42.1. The molecule has 0 aliphatic carbocycles. The van der Waals surface area contributed by atoms with Gasteiger partial charge in [0.2, 0.25) is 0 Å². The predicted octanol–water partition coefficient (Wildman–Crippen LogP) is 5.71. The zero-order valence-electron chi connectivity index (χ0n) is 13.0. The summed E-state index contributed by atoms with van der Waals surface area (Å²) in [4.78, 5) is 4.10. The third-order valence-corrected chi connectivity index (χ3v) is 4.18. The van der Waals surface area contributed by atoms with Crippen molar-refractivity contribution in [2.75, 3.05) is 0 Å². The number of rotatable bonds is 2. The second-order valence-corrected chi connectivity index (χ2v) is 5.68. The summed E-state index contributed by atoms with van der Waals surface area (Å²) in [6, 6.07) is 16.6. The van der Waals surface area contributed by atoms with Gasteiger partial charge in [0.1, 0.15) is 0 Å². The predicted molar refractivity (Wildman–Crippen MR) is 91.5 cm³/mol. The van der Waals surface area contributed by atoms with Gasteiger partial charge < -0.3 is 4.57 Å². The average molecular weight is 338 g/mol. The standard InChI is InChI=1S/C20H13F3N2/c21-20(22,23)18-8-2-1-6-16(18)15-7-3-9-19-17(15)10-12-25(19)14-5-4-11-24-13-14/h1-13H. The lowest BCUT2D eigenvalue weighted by molar-refractivity contribution is -0.137. The third kappa shape index (κ3) is 2.67. The summed E-state index contributed by atoms with van der Waals surface area (Å²) in [6.45, 7) is 0. The molecule has 4 rings (SSSR count). The number of fused-ring (bicyclic) bond motifs is 1. The molecule has 2 aromatic heterocycles. The molecular weight excluding hydrogens is 325 g/mol. The first kappa shape index (κ1) is 15.4. The number of nitrogens with zero attached hydrogens (tertiary/aromatic N) is 2. The molecule has 0 N–H and O–H groups in total. The number of pyridine rings is 1. The Labute approximate surface area is 142 Å². The summed E-state index contributed by atoms with van der Waals surface area (Å²) in [7, 11) is 0. The van der Waals surface area contributed by atoms with E-state index in [-0.39, 0.29) is 5.56 Å². The van der Waals surface area contributed by atoms with E-state index in [0.29, 0.717) is 5.56 Å². The molecule has 0 aliphatic rings. The normalized spacial score (nSPS) is 11.8. The highest BCUT2D eigenvalue weighted by Crippen LogP contribution is 2.39. The van der Waals surface area contributed by atoms with Crippen LogP contribution in [0.5, 0.6) is 0 Å². The lowest BCUT2D eigenvalue weighted by Gasteiger charge is -2.14. The van der Waals surface area contributed by atoms with Crippen LogP contribution in [0.4, 0.5) is 13.2 Å². The smallest absolute Gasteiger partial charge is 0.315 e. The zero-order valence-corrected chi connectivity index (χ0v) is 13.0. The van der Waals surface area contributed by atoms with Crippen LogP contribution in [0.15, 0.2) is 79.3 Å². The first-order valence-electron chi connectivity index (χ1n) is 7.73. The van der Waals surface area contributed by atoms with Crippen molar-refractivity contribution in [3.05, 3.63) is 84.8 Å². The van der Waals surface area contributed by atoms with Gasteiger partial charge in [0, 0.05) is 17.8 Å². The van der Waals surface area contributed by atoms with Crippen LogP contribution in [-0.2, 0) is 6.18 Å². The Hall–Kier alpha value is -3.08. The Morgan fingerprint density at radius 3 is 2.36 bits per heavy atom. The van der Waals surface area contributed by atoms with Crippen LogP contribution in [0.25, 0.3) is 27.7 Å². The van der Waals surface area contributed by atoms with Crippen molar-refractivity contribution >= 4 is 10.9 Å². The Morgan fingerprint density at radius 1 is 0.800 bits per heavy atom. The third-order valence-electron chi connectivity index (χ3n) is 4.18. The van der Waals surface area contributed by atoms with Gasteiger partial charge in [-0.2, -0.15) is 13.2 Å².